The van der Waals surface area contributed by atoms with E-state index in [1.54, 1.807) is 18.2 Å². The number of benzene rings is 3. The van der Waals surface area contributed by atoms with Crippen molar-refractivity contribution in [2.75, 3.05) is 0 Å². The fourth-order valence-corrected chi connectivity index (χ4v) is 4.39. The van der Waals surface area contributed by atoms with E-state index in [4.69, 9.17) is 0 Å². The maximum absolute atomic E-state index is 12.9. The molecule has 31 heavy (non-hydrogen) atoms. The molecule has 1 atom stereocenters. The van der Waals surface area contributed by atoms with E-state index in [1.807, 2.05) is 54.6 Å². The number of hydrazine groups is 1. The third-order valence-electron chi connectivity index (χ3n) is 4.83. The Kier molecular flexibility index (Phi) is 6.17. The molecule has 158 valence electrons. The first-order chi connectivity index (χ1) is 14.9. The predicted octanol–water partition coefficient (Wildman–Crippen LogP) is 4.20. The highest BCUT2D eigenvalue weighted by Gasteiger charge is 2.33. The van der Waals surface area contributed by atoms with Crippen molar-refractivity contribution in [3.8, 4) is 0 Å². The summed E-state index contributed by atoms with van der Waals surface area (Å²) in [6, 6.07) is 24.0. The summed E-state index contributed by atoms with van der Waals surface area (Å²) in [5.74, 6) is 0. The number of carbonyl (C=O) groups excluding carboxylic acids is 1. The lowest BCUT2D eigenvalue weighted by Gasteiger charge is -2.22. The number of nitrogens with one attached hydrogen (secondary N) is 2. The van der Waals surface area contributed by atoms with Crippen LogP contribution in [0, 0.1) is 0 Å². The van der Waals surface area contributed by atoms with Gasteiger partial charge in [-0.3, -0.25) is 5.43 Å². The van der Waals surface area contributed by atoms with Crippen molar-refractivity contribution in [3.05, 3.63) is 101 Å². The molecular weight excluding hydrogens is 480 g/mol. The second kappa shape index (κ2) is 9.01. The van der Waals surface area contributed by atoms with Gasteiger partial charge in [-0.25, -0.2) is 18.2 Å². The van der Waals surface area contributed by atoms with Crippen molar-refractivity contribution in [2.45, 2.75) is 17.4 Å². The molecule has 0 aromatic heterocycles. The van der Waals surface area contributed by atoms with Crippen LogP contribution in [0.1, 0.15) is 23.6 Å². The molecule has 0 saturated carbocycles. The van der Waals surface area contributed by atoms with E-state index < -0.39 is 16.1 Å². The van der Waals surface area contributed by atoms with Crippen LogP contribution in [0.5, 0.6) is 0 Å². The molecule has 2 amide bonds. The Morgan fingerprint density at radius 2 is 1.55 bits per heavy atom. The molecule has 1 aliphatic heterocycles. The molecule has 0 aliphatic carbocycles. The molecule has 0 spiro atoms. The molecule has 0 bridgehead atoms. The van der Waals surface area contributed by atoms with E-state index in [0.717, 1.165) is 21.3 Å². The molecule has 3 aromatic carbocycles. The van der Waals surface area contributed by atoms with Gasteiger partial charge in [0, 0.05) is 10.9 Å². The van der Waals surface area contributed by atoms with E-state index in [0.29, 0.717) is 6.42 Å². The van der Waals surface area contributed by atoms with Crippen LogP contribution in [-0.2, 0) is 10.0 Å². The van der Waals surface area contributed by atoms with Crippen molar-refractivity contribution in [3.63, 3.8) is 0 Å². The number of carbonyl (C=O) groups is 1. The van der Waals surface area contributed by atoms with Gasteiger partial charge in [0.25, 0.3) is 10.0 Å². The summed E-state index contributed by atoms with van der Waals surface area (Å²) < 4.78 is 25.8. The first kappa shape index (κ1) is 21.2. The number of hydrogen-bond donors (Lipinski definition) is 2. The number of hydrogen-bond acceptors (Lipinski definition) is 4. The third kappa shape index (κ3) is 4.84. The summed E-state index contributed by atoms with van der Waals surface area (Å²) in [5, 5.41) is 5.78. The minimum atomic E-state index is -3.90. The Balaban J connectivity index is 1.58. The van der Waals surface area contributed by atoms with Crippen molar-refractivity contribution >= 4 is 37.7 Å². The van der Waals surface area contributed by atoms with Crippen molar-refractivity contribution < 1.29 is 13.2 Å². The van der Waals surface area contributed by atoms with Crippen LogP contribution in [-0.4, -0.2) is 25.2 Å². The lowest BCUT2D eigenvalue weighted by atomic mass is 9.99. The summed E-state index contributed by atoms with van der Waals surface area (Å²) >= 11 is 3.42. The zero-order valence-electron chi connectivity index (χ0n) is 16.3. The van der Waals surface area contributed by atoms with Crippen LogP contribution in [0.3, 0.4) is 0 Å². The van der Waals surface area contributed by atoms with Crippen molar-refractivity contribution in [1.82, 2.24) is 15.3 Å². The summed E-state index contributed by atoms with van der Waals surface area (Å²) in [6.45, 7) is 0. The molecule has 3 aromatic rings. The van der Waals surface area contributed by atoms with E-state index >= 15 is 0 Å². The van der Waals surface area contributed by atoms with Crippen LogP contribution >= 0.6 is 15.9 Å². The second-order valence-corrected chi connectivity index (χ2v) is 9.48. The summed E-state index contributed by atoms with van der Waals surface area (Å²) in [4.78, 5) is 15.1. The Morgan fingerprint density at radius 1 is 0.935 bits per heavy atom. The molecule has 0 fully saturated rings. The fourth-order valence-electron chi connectivity index (χ4n) is 3.27. The van der Waals surface area contributed by atoms with Crippen molar-refractivity contribution in [1.29, 1.82) is 0 Å². The second-order valence-electron chi connectivity index (χ2n) is 6.88. The third-order valence-corrected chi connectivity index (χ3v) is 6.62. The lowest BCUT2D eigenvalue weighted by Crippen LogP contribution is -2.47. The normalized spacial score (nSPS) is 16.1. The Hall–Kier alpha value is -3.01. The van der Waals surface area contributed by atoms with Gasteiger partial charge in [-0.05, 0) is 35.4 Å². The molecule has 9 heteroatoms. The minimum absolute atomic E-state index is 0.0506. The number of nitrogens with zero attached hydrogens (tertiary/aromatic N) is 2. The molecule has 1 unspecified atom stereocenters. The highest BCUT2D eigenvalue weighted by Crippen LogP contribution is 2.33. The van der Waals surface area contributed by atoms with Crippen LogP contribution in [0.25, 0.3) is 0 Å². The Morgan fingerprint density at radius 3 is 2.19 bits per heavy atom. The predicted molar refractivity (Wildman–Crippen MR) is 122 cm³/mol. The van der Waals surface area contributed by atoms with Crippen molar-refractivity contribution in [2.24, 2.45) is 5.10 Å². The van der Waals surface area contributed by atoms with E-state index in [2.05, 4.69) is 31.3 Å². The monoisotopic (exact) mass is 498 g/mol. The molecule has 1 aliphatic rings. The number of sulfonamides is 1. The van der Waals surface area contributed by atoms with Gasteiger partial charge in [0.05, 0.1) is 16.6 Å². The number of rotatable bonds is 5. The average Bonchev–Trinajstić information content (AvgIpc) is 3.25. The molecule has 4 rings (SSSR count). The van der Waals surface area contributed by atoms with Crippen LogP contribution in [0.2, 0.25) is 0 Å². The molecule has 0 radical (unpaired) electrons. The van der Waals surface area contributed by atoms with Gasteiger partial charge in [-0.15, -0.1) is 4.83 Å². The summed E-state index contributed by atoms with van der Waals surface area (Å²) in [7, 11) is -3.90. The number of urea groups is 1. The Bertz CT molecular complexity index is 1200. The zero-order valence-corrected chi connectivity index (χ0v) is 18.7. The van der Waals surface area contributed by atoms with E-state index in [-0.39, 0.29) is 10.9 Å². The molecule has 7 nitrogen and oxygen atoms in total. The van der Waals surface area contributed by atoms with Crippen LogP contribution < -0.4 is 10.3 Å². The standard InChI is InChI=1S/C22H19BrN4O3S/c23-18-13-11-17(12-14-18)21-15-20(16-7-3-1-4-8-16)25-27(21)22(28)24-26-31(29,30)19-9-5-2-6-10-19/h1-14,21,26H,15H2,(H,24,28). The van der Waals surface area contributed by atoms with Crippen LogP contribution in [0.4, 0.5) is 4.79 Å². The Labute approximate surface area is 188 Å². The van der Waals surface area contributed by atoms with Gasteiger partial charge in [-0.1, -0.05) is 76.6 Å². The number of hydrazone groups is 1. The lowest BCUT2D eigenvalue weighted by molar-refractivity contribution is 0.184. The van der Waals surface area contributed by atoms with Gasteiger partial charge in [0.2, 0.25) is 0 Å². The first-order valence-electron chi connectivity index (χ1n) is 9.48. The summed E-state index contributed by atoms with van der Waals surface area (Å²) in [6.07, 6.45) is 0.504. The summed E-state index contributed by atoms with van der Waals surface area (Å²) in [5.41, 5.74) is 4.82. The molecular formula is C22H19BrN4O3S. The zero-order chi connectivity index (χ0) is 21.8. The van der Waals surface area contributed by atoms with Gasteiger partial charge < -0.3 is 0 Å². The number of amides is 2. The van der Waals surface area contributed by atoms with Gasteiger partial charge in [-0.2, -0.15) is 5.10 Å². The number of halogens is 1. The average molecular weight is 499 g/mol. The van der Waals surface area contributed by atoms with Crippen LogP contribution in [0.15, 0.2) is 99.4 Å². The topological polar surface area (TPSA) is 90.9 Å². The highest BCUT2D eigenvalue weighted by molar-refractivity contribution is 9.10. The largest absolute Gasteiger partial charge is 0.353 e. The van der Waals surface area contributed by atoms with Gasteiger partial charge >= 0.3 is 6.03 Å². The molecule has 1 heterocycles. The maximum atomic E-state index is 12.9. The van der Waals surface area contributed by atoms with Gasteiger partial charge in [0.1, 0.15) is 0 Å². The SMILES string of the molecule is O=C(NNS(=O)(=O)c1ccccc1)N1N=C(c2ccccc2)CC1c1ccc(Br)cc1. The first-order valence-corrected chi connectivity index (χ1v) is 11.8. The molecule has 2 N–H and O–H groups in total. The van der Waals surface area contributed by atoms with E-state index in [1.165, 1.54) is 17.1 Å². The molecule has 0 saturated heterocycles. The highest BCUT2D eigenvalue weighted by atomic mass is 79.9. The smallest absolute Gasteiger partial charge is 0.258 e. The minimum Gasteiger partial charge on any atom is -0.258 e. The maximum Gasteiger partial charge on any atom is 0.353 e. The fraction of sp³-hybridized carbons (Fsp3) is 0.0909. The van der Waals surface area contributed by atoms with E-state index in [9.17, 15) is 13.2 Å². The quantitative estimate of drug-likeness (QED) is 0.516. The van der Waals surface area contributed by atoms with Gasteiger partial charge in [0.15, 0.2) is 0 Å².